The van der Waals surface area contributed by atoms with Crippen LogP contribution in [-0.2, 0) is 6.42 Å². The molecule has 1 aromatic rings. The molecule has 2 aliphatic rings. The van der Waals surface area contributed by atoms with Crippen LogP contribution in [0.3, 0.4) is 0 Å². The largest absolute Gasteiger partial charge is 0.369 e. The molecule has 0 saturated carbocycles. The molecule has 2 fully saturated rings. The van der Waals surface area contributed by atoms with Gasteiger partial charge in [0.25, 0.3) is 0 Å². The Bertz CT molecular complexity index is 474. The first kappa shape index (κ1) is 16.7. The minimum Gasteiger partial charge on any atom is -0.369 e. The lowest BCUT2D eigenvalue weighted by Gasteiger charge is -2.39. The number of anilines is 1. The fraction of sp³-hybridized carbons (Fsp3) is 0.684. The molecule has 1 N–H and O–H groups in total. The highest BCUT2D eigenvalue weighted by Crippen LogP contribution is 2.23. The van der Waals surface area contributed by atoms with Crippen molar-refractivity contribution < 1.29 is 0 Å². The number of hydrogen-bond donors (Lipinski definition) is 1. The maximum atomic E-state index is 3.43. The second kappa shape index (κ2) is 8.13. The summed E-state index contributed by atoms with van der Waals surface area (Å²) in [6.45, 7) is 15.1. The Morgan fingerprint density at radius 1 is 0.957 bits per heavy atom. The van der Waals surface area contributed by atoms with E-state index in [1.54, 1.807) is 0 Å². The van der Waals surface area contributed by atoms with Gasteiger partial charge in [0.2, 0.25) is 0 Å². The molecule has 4 heteroatoms. The van der Waals surface area contributed by atoms with Crippen molar-refractivity contribution in [1.82, 2.24) is 15.1 Å². The Morgan fingerprint density at radius 3 is 2.35 bits per heavy atom. The van der Waals surface area contributed by atoms with Gasteiger partial charge >= 0.3 is 0 Å². The maximum absolute atomic E-state index is 3.43. The van der Waals surface area contributed by atoms with Gasteiger partial charge < -0.3 is 15.1 Å². The highest BCUT2D eigenvalue weighted by molar-refractivity contribution is 5.54. The van der Waals surface area contributed by atoms with Gasteiger partial charge in [-0.25, -0.2) is 0 Å². The standard InChI is InChI=1S/C19H32N4/c1-17(2)22-13-15-23(16-14-22)19-6-4-3-5-18(19)7-10-21-11-8-20-9-12-21/h3-6,17,20H,7-16H2,1-2H3. The molecule has 0 radical (unpaired) electrons. The normalized spacial score (nSPS) is 21.1. The van der Waals surface area contributed by atoms with Crippen molar-refractivity contribution in [3.05, 3.63) is 29.8 Å². The molecule has 2 saturated heterocycles. The van der Waals surface area contributed by atoms with Gasteiger partial charge in [0.05, 0.1) is 0 Å². The van der Waals surface area contributed by atoms with Crippen LogP contribution in [0.2, 0.25) is 0 Å². The number of nitrogens with one attached hydrogen (secondary N) is 1. The van der Waals surface area contributed by atoms with Gasteiger partial charge in [-0.1, -0.05) is 18.2 Å². The van der Waals surface area contributed by atoms with Crippen LogP contribution < -0.4 is 10.2 Å². The summed E-state index contributed by atoms with van der Waals surface area (Å²) in [6, 6.07) is 9.70. The summed E-state index contributed by atoms with van der Waals surface area (Å²) in [5, 5.41) is 3.43. The second-order valence-electron chi connectivity index (χ2n) is 7.09. The zero-order chi connectivity index (χ0) is 16.1. The number of nitrogens with zero attached hydrogens (tertiary/aromatic N) is 3. The average molecular weight is 316 g/mol. The van der Waals surface area contributed by atoms with Crippen molar-refractivity contribution in [1.29, 1.82) is 0 Å². The lowest BCUT2D eigenvalue weighted by atomic mass is 10.1. The van der Waals surface area contributed by atoms with Crippen molar-refractivity contribution in [2.75, 3.05) is 63.8 Å². The van der Waals surface area contributed by atoms with Gasteiger partial charge in [0, 0.05) is 70.6 Å². The topological polar surface area (TPSA) is 21.8 Å². The average Bonchev–Trinajstić information content (AvgIpc) is 2.61. The molecule has 23 heavy (non-hydrogen) atoms. The smallest absolute Gasteiger partial charge is 0.0400 e. The molecule has 1 aromatic carbocycles. The first-order valence-corrected chi connectivity index (χ1v) is 9.24. The van der Waals surface area contributed by atoms with Gasteiger partial charge in [-0.05, 0) is 31.9 Å². The van der Waals surface area contributed by atoms with Crippen LogP contribution in [0.1, 0.15) is 19.4 Å². The summed E-state index contributed by atoms with van der Waals surface area (Å²) < 4.78 is 0. The highest BCUT2D eigenvalue weighted by Gasteiger charge is 2.20. The maximum Gasteiger partial charge on any atom is 0.0400 e. The minimum atomic E-state index is 0.667. The molecule has 4 nitrogen and oxygen atoms in total. The van der Waals surface area contributed by atoms with E-state index in [1.807, 2.05) is 0 Å². The van der Waals surface area contributed by atoms with Crippen LogP contribution in [-0.4, -0.2) is 74.7 Å². The number of rotatable bonds is 5. The van der Waals surface area contributed by atoms with Crippen LogP contribution in [0.25, 0.3) is 0 Å². The third-order valence-corrected chi connectivity index (χ3v) is 5.28. The number of piperazine rings is 2. The Labute approximate surface area is 141 Å². The zero-order valence-electron chi connectivity index (χ0n) is 14.8. The molecule has 0 unspecified atom stereocenters. The van der Waals surface area contributed by atoms with E-state index in [1.165, 1.54) is 50.4 Å². The first-order valence-electron chi connectivity index (χ1n) is 9.24. The molecule has 0 aromatic heterocycles. The summed E-state index contributed by atoms with van der Waals surface area (Å²) in [5.74, 6) is 0. The Kier molecular flexibility index (Phi) is 5.92. The molecular weight excluding hydrogens is 284 g/mol. The summed E-state index contributed by atoms with van der Waals surface area (Å²) in [7, 11) is 0. The zero-order valence-corrected chi connectivity index (χ0v) is 14.8. The van der Waals surface area contributed by atoms with Crippen molar-refractivity contribution in [3.63, 3.8) is 0 Å². The van der Waals surface area contributed by atoms with E-state index >= 15 is 0 Å². The molecular formula is C19H32N4. The molecule has 0 aliphatic carbocycles. The predicted molar refractivity (Wildman–Crippen MR) is 98.4 cm³/mol. The van der Waals surface area contributed by atoms with E-state index < -0.39 is 0 Å². The van der Waals surface area contributed by atoms with Crippen molar-refractivity contribution in [2.45, 2.75) is 26.3 Å². The van der Waals surface area contributed by atoms with E-state index in [9.17, 15) is 0 Å². The quantitative estimate of drug-likeness (QED) is 0.892. The van der Waals surface area contributed by atoms with Gasteiger partial charge in [-0.3, -0.25) is 4.90 Å². The van der Waals surface area contributed by atoms with Gasteiger partial charge in [-0.2, -0.15) is 0 Å². The second-order valence-corrected chi connectivity index (χ2v) is 7.09. The molecule has 128 valence electrons. The lowest BCUT2D eigenvalue weighted by molar-refractivity contribution is 0.209. The first-order chi connectivity index (χ1) is 11.2. The van der Waals surface area contributed by atoms with Gasteiger partial charge in [0.15, 0.2) is 0 Å². The Morgan fingerprint density at radius 2 is 1.65 bits per heavy atom. The van der Waals surface area contributed by atoms with Gasteiger partial charge in [0.1, 0.15) is 0 Å². The molecule has 0 spiro atoms. The highest BCUT2D eigenvalue weighted by atomic mass is 15.3. The molecule has 0 bridgehead atoms. The predicted octanol–water partition coefficient (Wildman–Crippen LogP) is 1.66. The van der Waals surface area contributed by atoms with E-state index in [-0.39, 0.29) is 0 Å². The SMILES string of the molecule is CC(C)N1CCN(c2ccccc2CCN2CCNCC2)CC1. The fourth-order valence-corrected chi connectivity index (χ4v) is 3.72. The third kappa shape index (κ3) is 4.46. The lowest BCUT2D eigenvalue weighted by Crippen LogP contribution is -2.49. The molecule has 2 aliphatic heterocycles. The van der Waals surface area contributed by atoms with E-state index in [0.29, 0.717) is 6.04 Å². The van der Waals surface area contributed by atoms with Crippen LogP contribution in [0.4, 0.5) is 5.69 Å². The van der Waals surface area contributed by atoms with E-state index in [0.717, 1.165) is 26.2 Å². The van der Waals surface area contributed by atoms with Gasteiger partial charge in [-0.15, -0.1) is 0 Å². The molecule has 3 rings (SSSR count). The molecule has 0 atom stereocenters. The number of para-hydroxylation sites is 1. The van der Waals surface area contributed by atoms with Crippen LogP contribution >= 0.6 is 0 Å². The Balaban J connectivity index is 1.59. The van der Waals surface area contributed by atoms with Crippen LogP contribution in [0.15, 0.2) is 24.3 Å². The summed E-state index contributed by atoms with van der Waals surface area (Å²) in [6.07, 6.45) is 1.17. The molecule has 2 heterocycles. The Hall–Kier alpha value is -1.10. The van der Waals surface area contributed by atoms with Crippen LogP contribution in [0, 0.1) is 0 Å². The minimum absolute atomic E-state index is 0.667. The number of hydrogen-bond acceptors (Lipinski definition) is 4. The van der Waals surface area contributed by atoms with Crippen molar-refractivity contribution in [2.24, 2.45) is 0 Å². The molecule has 0 amide bonds. The van der Waals surface area contributed by atoms with Crippen molar-refractivity contribution in [3.8, 4) is 0 Å². The van der Waals surface area contributed by atoms with Crippen LogP contribution in [0.5, 0.6) is 0 Å². The third-order valence-electron chi connectivity index (χ3n) is 5.28. The summed E-state index contributed by atoms with van der Waals surface area (Å²) in [5.41, 5.74) is 2.98. The van der Waals surface area contributed by atoms with Crippen molar-refractivity contribution >= 4 is 5.69 Å². The summed E-state index contributed by atoms with van der Waals surface area (Å²) >= 11 is 0. The summed E-state index contributed by atoms with van der Waals surface area (Å²) in [4.78, 5) is 7.76. The van der Waals surface area contributed by atoms with E-state index in [4.69, 9.17) is 0 Å². The van der Waals surface area contributed by atoms with E-state index in [2.05, 4.69) is 58.1 Å². The monoisotopic (exact) mass is 316 g/mol. The fourth-order valence-electron chi connectivity index (χ4n) is 3.72. The number of benzene rings is 1.